The van der Waals surface area contributed by atoms with Gasteiger partial charge in [0.25, 0.3) is 0 Å². The summed E-state index contributed by atoms with van der Waals surface area (Å²) in [4.78, 5) is 7.68. The highest BCUT2D eigenvalue weighted by Gasteiger charge is 2.10. The summed E-state index contributed by atoms with van der Waals surface area (Å²) in [6, 6.07) is 0.503. The first-order valence-corrected chi connectivity index (χ1v) is 7.37. The number of imidazole rings is 1. The van der Waals surface area contributed by atoms with Gasteiger partial charge in [-0.1, -0.05) is 38.8 Å². The van der Waals surface area contributed by atoms with Crippen LogP contribution in [0.2, 0.25) is 5.15 Å². The van der Waals surface area contributed by atoms with Crippen LogP contribution in [0.5, 0.6) is 0 Å². The first kappa shape index (κ1) is 15.5. The van der Waals surface area contributed by atoms with Crippen molar-refractivity contribution in [2.24, 2.45) is 5.92 Å². The van der Waals surface area contributed by atoms with Crippen LogP contribution in [0.4, 0.5) is 0 Å². The van der Waals surface area contributed by atoms with Crippen LogP contribution in [0, 0.1) is 5.92 Å². The van der Waals surface area contributed by atoms with Gasteiger partial charge in [0.1, 0.15) is 5.82 Å². The van der Waals surface area contributed by atoms with Crippen molar-refractivity contribution in [1.29, 1.82) is 0 Å². The number of hydrogen-bond acceptors (Lipinski definition) is 2. The Morgan fingerprint density at radius 1 is 1.33 bits per heavy atom. The first-order valence-electron chi connectivity index (χ1n) is 6.99. The van der Waals surface area contributed by atoms with Crippen LogP contribution in [0.3, 0.4) is 0 Å². The lowest BCUT2D eigenvalue weighted by Gasteiger charge is -2.15. The van der Waals surface area contributed by atoms with E-state index >= 15 is 0 Å². The number of halogens is 1. The van der Waals surface area contributed by atoms with Crippen molar-refractivity contribution in [1.82, 2.24) is 15.3 Å². The second-order valence-electron chi connectivity index (χ2n) is 5.47. The Balaban J connectivity index is 2.44. The molecule has 0 aliphatic rings. The summed E-state index contributed by atoms with van der Waals surface area (Å²) in [6.07, 6.45) is 4.49. The van der Waals surface area contributed by atoms with E-state index in [2.05, 4.69) is 43.0 Å². The molecular weight excluding hydrogens is 246 g/mol. The average Bonchev–Trinajstić information content (AvgIpc) is 2.64. The van der Waals surface area contributed by atoms with Crippen molar-refractivity contribution >= 4 is 11.6 Å². The van der Waals surface area contributed by atoms with Crippen molar-refractivity contribution in [3.05, 3.63) is 16.7 Å². The lowest BCUT2D eigenvalue weighted by molar-refractivity contribution is 0.439. The Labute approximate surface area is 116 Å². The van der Waals surface area contributed by atoms with Crippen molar-refractivity contribution in [2.45, 2.75) is 66.0 Å². The monoisotopic (exact) mass is 271 g/mol. The van der Waals surface area contributed by atoms with E-state index in [1.165, 1.54) is 12.8 Å². The van der Waals surface area contributed by atoms with E-state index in [1.807, 2.05) is 0 Å². The Bertz CT molecular complexity index is 347. The largest absolute Gasteiger partial charge is 0.344 e. The maximum atomic E-state index is 6.13. The Morgan fingerprint density at radius 3 is 2.67 bits per heavy atom. The van der Waals surface area contributed by atoms with Gasteiger partial charge in [-0.15, -0.1) is 0 Å². The van der Waals surface area contributed by atoms with Crippen LogP contribution in [-0.4, -0.2) is 16.0 Å². The number of aryl methyl sites for hydroxylation is 1. The maximum absolute atomic E-state index is 6.13. The highest BCUT2D eigenvalue weighted by molar-refractivity contribution is 6.30. The van der Waals surface area contributed by atoms with Crippen molar-refractivity contribution in [3.8, 4) is 0 Å². The van der Waals surface area contributed by atoms with E-state index in [0.717, 1.165) is 30.9 Å². The molecule has 0 radical (unpaired) electrons. The van der Waals surface area contributed by atoms with Gasteiger partial charge in [-0.05, 0) is 25.7 Å². The Morgan fingerprint density at radius 2 is 2.06 bits per heavy atom. The molecular formula is C14H26ClN3. The third-order valence-electron chi connectivity index (χ3n) is 3.00. The molecule has 0 spiro atoms. The molecule has 0 bridgehead atoms. The molecule has 1 rings (SSSR count). The molecule has 18 heavy (non-hydrogen) atoms. The van der Waals surface area contributed by atoms with Gasteiger partial charge >= 0.3 is 0 Å². The van der Waals surface area contributed by atoms with Crippen molar-refractivity contribution < 1.29 is 0 Å². The molecule has 1 unspecified atom stereocenters. The van der Waals surface area contributed by atoms with Gasteiger partial charge in [-0.3, -0.25) is 0 Å². The molecule has 0 aliphatic carbocycles. The van der Waals surface area contributed by atoms with Crippen LogP contribution in [0.15, 0.2) is 0 Å². The minimum Gasteiger partial charge on any atom is -0.344 e. The van der Waals surface area contributed by atoms with Gasteiger partial charge in [0.2, 0.25) is 0 Å². The maximum Gasteiger partial charge on any atom is 0.151 e. The SMILES string of the molecule is CCCCc1nc(Cl)c(CNC(C)CC(C)C)[nH]1. The van der Waals surface area contributed by atoms with E-state index in [0.29, 0.717) is 17.1 Å². The Hall–Kier alpha value is -0.540. The standard InChI is InChI=1S/C14H26ClN3/c1-5-6-7-13-17-12(14(15)18-13)9-16-11(4)8-10(2)3/h10-11,16H,5-9H2,1-4H3,(H,17,18). The molecule has 0 saturated heterocycles. The van der Waals surface area contributed by atoms with E-state index < -0.39 is 0 Å². The summed E-state index contributed by atoms with van der Waals surface area (Å²) in [5.41, 5.74) is 1.01. The molecule has 1 aromatic heterocycles. The van der Waals surface area contributed by atoms with Gasteiger partial charge in [-0.2, -0.15) is 0 Å². The number of nitrogens with zero attached hydrogens (tertiary/aromatic N) is 1. The minimum absolute atomic E-state index is 0.503. The van der Waals surface area contributed by atoms with Gasteiger partial charge in [0.15, 0.2) is 5.15 Å². The van der Waals surface area contributed by atoms with E-state index in [-0.39, 0.29) is 0 Å². The van der Waals surface area contributed by atoms with Gasteiger partial charge in [0, 0.05) is 19.0 Å². The highest BCUT2D eigenvalue weighted by Crippen LogP contribution is 2.14. The number of nitrogens with one attached hydrogen (secondary N) is 2. The smallest absolute Gasteiger partial charge is 0.151 e. The number of unbranched alkanes of at least 4 members (excludes halogenated alkanes) is 1. The summed E-state index contributed by atoms with van der Waals surface area (Å²) in [5, 5.41) is 4.10. The highest BCUT2D eigenvalue weighted by atomic mass is 35.5. The topological polar surface area (TPSA) is 40.7 Å². The van der Waals surface area contributed by atoms with Crippen molar-refractivity contribution in [3.63, 3.8) is 0 Å². The number of aromatic nitrogens is 2. The summed E-state index contributed by atoms with van der Waals surface area (Å²) in [5.74, 6) is 1.72. The number of hydrogen-bond donors (Lipinski definition) is 2. The quantitative estimate of drug-likeness (QED) is 0.752. The van der Waals surface area contributed by atoms with E-state index in [4.69, 9.17) is 11.6 Å². The minimum atomic E-state index is 0.503. The second kappa shape index (κ2) is 7.80. The molecule has 1 atom stereocenters. The van der Waals surface area contributed by atoms with Crippen molar-refractivity contribution in [2.75, 3.05) is 0 Å². The number of aromatic amines is 1. The van der Waals surface area contributed by atoms with Crippen LogP contribution in [0.1, 0.15) is 58.5 Å². The lowest BCUT2D eigenvalue weighted by Crippen LogP contribution is -2.27. The molecule has 0 aliphatic heterocycles. The van der Waals surface area contributed by atoms with Crippen LogP contribution >= 0.6 is 11.6 Å². The van der Waals surface area contributed by atoms with Crippen LogP contribution in [0.25, 0.3) is 0 Å². The van der Waals surface area contributed by atoms with E-state index in [9.17, 15) is 0 Å². The first-order chi connectivity index (χ1) is 8.52. The molecule has 104 valence electrons. The molecule has 0 fully saturated rings. The molecule has 2 N–H and O–H groups in total. The fraction of sp³-hybridized carbons (Fsp3) is 0.786. The number of H-pyrrole nitrogens is 1. The summed E-state index contributed by atoms with van der Waals surface area (Å²) < 4.78 is 0. The molecule has 1 heterocycles. The third-order valence-corrected chi connectivity index (χ3v) is 3.31. The summed E-state index contributed by atoms with van der Waals surface area (Å²) in [6.45, 7) is 9.64. The van der Waals surface area contributed by atoms with Crippen LogP contribution < -0.4 is 5.32 Å². The normalized spacial score (nSPS) is 13.2. The fourth-order valence-electron chi connectivity index (χ4n) is 2.09. The summed E-state index contributed by atoms with van der Waals surface area (Å²) >= 11 is 6.13. The molecule has 4 heteroatoms. The lowest BCUT2D eigenvalue weighted by atomic mass is 10.1. The molecule has 0 amide bonds. The molecule has 1 aromatic rings. The number of rotatable bonds is 8. The van der Waals surface area contributed by atoms with E-state index in [1.54, 1.807) is 0 Å². The van der Waals surface area contributed by atoms with Gasteiger partial charge < -0.3 is 10.3 Å². The zero-order valence-corrected chi connectivity index (χ0v) is 12.8. The molecule has 0 saturated carbocycles. The third kappa shape index (κ3) is 5.40. The average molecular weight is 272 g/mol. The Kier molecular flexibility index (Phi) is 6.72. The molecule has 0 aromatic carbocycles. The van der Waals surface area contributed by atoms with Crippen LogP contribution in [-0.2, 0) is 13.0 Å². The summed E-state index contributed by atoms with van der Waals surface area (Å²) in [7, 11) is 0. The zero-order valence-electron chi connectivity index (χ0n) is 12.0. The molecule has 3 nitrogen and oxygen atoms in total. The predicted molar refractivity (Wildman–Crippen MR) is 78.0 cm³/mol. The van der Waals surface area contributed by atoms with Gasteiger partial charge in [-0.25, -0.2) is 4.98 Å². The fourth-order valence-corrected chi connectivity index (χ4v) is 2.30. The zero-order chi connectivity index (χ0) is 13.5. The van der Waals surface area contributed by atoms with Gasteiger partial charge in [0.05, 0.1) is 5.69 Å². The predicted octanol–water partition coefficient (Wildman–Crippen LogP) is 3.93. The second-order valence-corrected chi connectivity index (χ2v) is 5.83.